The average molecular weight is 220 g/mol. The van der Waals surface area contributed by atoms with Crippen LogP contribution in [0.5, 0.6) is 0 Å². The van der Waals surface area contributed by atoms with Gasteiger partial charge in [0.25, 0.3) is 0 Å². The van der Waals surface area contributed by atoms with E-state index >= 15 is 0 Å². The Hall–Kier alpha value is -1.12. The lowest BCUT2D eigenvalue weighted by Crippen LogP contribution is -2.18. The molecular weight excluding hydrogens is 200 g/mol. The summed E-state index contributed by atoms with van der Waals surface area (Å²) in [6.45, 7) is 6.07. The summed E-state index contributed by atoms with van der Waals surface area (Å²) >= 11 is 0. The molecule has 88 valence electrons. The molecule has 0 spiro atoms. The van der Waals surface area contributed by atoms with Crippen LogP contribution in [-0.2, 0) is 11.3 Å². The molecule has 0 aromatic heterocycles. The highest BCUT2D eigenvalue weighted by atomic mass is 16.5. The largest absolute Gasteiger partial charge is 0.393 e. The van der Waals surface area contributed by atoms with Crippen molar-refractivity contribution in [3.63, 3.8) is 0 Å². The van der Waals surface area contributed by atoms with Gasteiger partial charge in [0, 0.05) is 0 Å². The minimum atomic E-state index is -0.333. The standard InChI is InChI=1S/C14H20O2/c1-3-7-14(10-12(2)15)16-11-13-8-5-4-6-9-13/h3-6,8-9,12,14-15H,1,7,10-11H2,2H3. The van der Waals surface area contributed by atoms with Gasteiger partial charge in [-0.25, -0.2) is 0 Å². The zero-order valence-electron chi connectivity index (χ0n) is 9.80. The van der Waals surface area contributed by atoms with E-state index in [0.29, 0.717) is 13.0 Å². The van der Waals surface area contributed by atoms with Crippen LogP contribution in [0.1, 0.15) is 25.3 Å². The summed E-state index contributed by atoms with van der Waals surface area (Å²) < 4.78 is 5.75. The first-order valence-electron chi connectivity index (χ1n) is 5.67. The Balaban J connectivity index is 2.40. The van der Waals surface area contributed by atoms with E-state index in [1.54, 1.807) is 6.92 Å². The molecule has 1 aromatic rings. The summed E-state index contributed by atoms with van der Waals surface area (Å²) in [6.07, 6.45) is 2.98. The fraction of sp³-hybridized carbons (Fsp3) is 0.429. The van der Waals surface area contributed by atoms with Crippen LogP contribution in [0.2, 0.25) is 0 Å². The van der Waals surface area contributed by atoms with Gasteiger partial charge >= 0.3 is 0 Å². The average Bonchev–Trinajstić information content (AvgIpc) is 2.27. The fourth-order valence-electron chi connectivity index (χ4n) is 1.59. The molecule has 0 bridgehead atoms. The van der Waals surface area contributed by atoms with E-state index in [9.17, 15) is 5.11 Å². The molecule has 0 aliphatic rings. The van der Waals surface area contributed by atoms with Crippen LogP contribution in [0.15, 0.2) is 43.0 Å². The van der Waals surface area contributed by atoms with Gasteiger partial charge in [0.2, 0.25) is 0 Å². The van der Waals surface area contributed by atoms with Crippen LogP contribution < -0.4 is 0 Å². The van der Waals surface area contributed by atoms with Crippen molar-refractivity contribution in [2.45, 2.75) is 38.6 Å². The normalized spacial score (nSPS) is 14.4. The second-order valence-electron chi connectivity index (χ2n) is 4.03. The quantitative estimate of drug-likeness (QED) is 0.716. The first-order chi connectivity index (χ1) is 7.72. The molecule has 2 atom stereocenters. The van der Waals surface area contributed by atoms with Gasteiger partial charge in [0.15, 0.2) is 0 Å². The van der Waals surface area contributed by atoms with Gasteiger partial charge in [0.1, 0.15) is 0 Å². The van der Waals surface area contributed by atoms with Gasteiger partial charge in [-0.05, 0) is 25.3 Å². The van der Waals surface area contributed by atoms with E-state index in [4.69, 9.17) is 4.74 Å². The number of ether oxygens (including phenoxy) is 1. The third kappa shape index (κ3) is 5.10. The molecule has 1 N–H and O–H groups in total. The number of benzene rings is 1. The number of hydrogen-bond donors (Lipinski definition) is 1. The van der Waals surface area contributed by atoms with Gasteiger partial charge in [-0.15, -0.1) is 6.58 Å². The third-order valence-electron chi connectivity index (χ3n) is 2.36. The van der Waals surface area contributed by atoms with Crippen molar-refractivity contribution in [3.05, 3.63) is 48.6 Å². The van der Waals surface area contributed by atoms with Crippen LogP contribution >= 0.6 is 0 Å². The van der Waals surface area contributed by atoms with Crippen LogP contribution in [0.3, 0.4) is 0 Å². The molecule has 1 aromatic carbocycles. The minimum absolute atomic E-state index is 0.0534. The summed E-state index contributed by atoms with van der Waals surface area (Å²) in [5.74, 6) is 0. The second-order valence-corrected chi connectivity index (χ2v) is 4.03. The Morgan fingerprint density at radius 3 is 2.62 bits per heavy atom. The third-order valence-corrected chi connectivity index (χ3v) is 2.36. The Labute approximate surface area is 97.6 Å². The molecule has 2 unspecified atom stereocenters. The van der Waals surface area contributed by atoms with Crippen LogP contribution in [-0.4, -0.2) is 17.3 Å². The van der Waals surface area contributed by atoms with E-state index in [1.165, 1.54) is 0 Å². The maximum absolute atomic E-state index is 9.33. The van der Waals surface area contributed by atoms with Gasteiger partial charge < -0.3 is 9.84 Å². The fourth-order valence-corrected chi connectivity index (χ4v) is 1.59. The molecule has 0 aliphatic heterocycles. The second kappa shape index (κ2) is 7.20. The smallest absolute Gasteiger partial charge is 0.0720 e. The van der Waals surface area contributed by atoms with Crippen molar-refractivity contribution in [3.8, 4) is 0 Å². The maximum atomic E-state index is 9.33. The minimum Gasteiger partial charge on any atom is -0.393 e. The predicted molar refractivity (Wildman–Crippen MR) is 66.1 cm³/mol. The van der Waals surface area contributed by atoms with Crippen molar-refractivity contribution in [1.29, 1.82) is 0 Å². The number of aliphatic hydroxyl groups is 1. The van der Waals surface area contributed by atoms with E-state index in [-0.39, 0.29) is 12.2 Å². The molecule has 0 saturated carbocycles. The molecule has 1 rings (SSSR count). The first kappa shape index (κ1) is 12.9. The summed E-state index contributed by atoms with van der Waals surface area (Å²) in [6, 6.07) is 10.0. The molecule has 2 nitrogen and oxygen atoms in total. The zero-order valence-corrected chi connectivity index (χ0v) is 9.80. The lowest BCUT2D eigenvalue weighted by atomic mass is 10.1. The maximum Gasteiger partial charge on any atom is 0.0720 e. The molecule has 16 heavy (non-hydrogen) atoms. The van der Waals surface area contributed by atoms with Crippen molar-refractivity contribution in [2.24, 2.45) is 0 Å². The SMILES string of the molecule is C=CCC(CC(C)O)OCc1ccccc1. The number of aliphatic hydroxyl groups excluding tert-OH is 1. The molecule has 2 heteroatoms. The molecule has 0 radical (unpaired) electrons. The number of hydrogen-bond acceptors (Lipinski definition) is 2. The van der Waals surface area contributed by atoms with Gasteiger partial charge in [0.05, 0.1) is 18.8 Å². The van der Waals surface area contributed by atoms with Crippen molar-refractivity contribution in [1.82, 2.24) is 0 Å². The summed E-state index contributed by atoms with van der Waals surface area (Å²) in [5, 5.41) is 9.33. The monoisotopic (exact) mass is 220 g/mol. The summed E-state index contributed by atoms with van der Waals surface area (Å²) in [7, 11) is 0. The first-order valence-corrected chi connectivity index (χ1v) is 5.67. The highest BCUT2D eigenvalue weighted by molar-refractivity contribution is 5.13. The van der Waals surface area contributed by atoms with Crippen molar-refractivity contribution < 1.29 is 9.84 Å². The molecule has 0 saturated heterocycles. The Morgan fingerprint density at radius 1 is 1.38 bits per heavy atom. The van der Waals surface area contributed by atoms with Crippen molar-refractivity contribution in [2.75, 3.05) is 0 Å². The zero-order chi connectivity index (χ0) is 11.8. The lowest BCUT2D eigenvalue weighted by molar-refractivity contribution is 0.00987. The highest BCUT2D eigenvalue weighted by Crippen LogP contribution is 2.11. The van der Waals surface area contributed by atoms with Crippen molar-refractivity contribution >= 4 is 0 Å². The topological polar surface area (TPSA) is 29.5 Å². The highest BCUT2D eigenvalue weighted by Gasteiger charge is 2.10. The van der Waals surface area contributed by atoms with Crippen LogP contribution in [0.4, 0.5) is 0 Å². The summed E-state index contributed by atoms with van der Waals surface area (Å²) in [4.78, 5) is 0. The van der Waals surface area contributed by atoms with Gasteiger partial charge in [-0.2, -0.15) is 0 Å². The van der Waals surface area contributed by atoms with Crippen LogP contribution in [0, 0.1) is 0 Å². The molecule has 0 amide bonds. The molecule has 0 aliphatic carbocycles. The Morgan fingerprint density at radius 2 is 2.06 bits per heavy atom. The van der Waals surface area contributed by atoms with Gasteiger partial charge in [-0.3, -0.25) is 0 Å². The van der Waals surface area contributed by atoms with E-state index in [2.05, 4.69) is 6.58 Å². The van der Waals surface area contributed by atoms with E-state index < -0.39 is 0 Å². The van der Waals surface area contributed by atoms with E-state index in [0.717, 1.165) is 12.0 Å². The number of rotatable bonds is 7. The molecular formula is C14H20O2. The molecule has 0 fully saturated rings. The van der Waals surface area contributed by atoms with Gasteiger partial charge in [-0.1, -0.05) is 36.4 Å². The van der Waals surface area contributed by atoms with E-state index in [1.807, 2.05) is 36.4 Å². The lowest BCUT2D eigenvalue weighted by Gasteiger charge is -2.17. The molecule has 0 heterocycles. The Kier molecular flexibility index (Phi) is 5.83. The summed E-state index contributed by atoms with van der Waals surface area (Å²) in [5.41, 5.74) is 1.15. The predicted octanol–water partition coefficient (Wildman–Crippen LogP) is 2.92. The Bertz CT molecular complexity index is 293. The van der Waals surface area contributed by atoms with Crippen LogP contribution in [0.25, 0.3) is 0 Å².